The number of halogens is 1. The van der Waals surface area contributed by atoms with E-state index in [1.165, 1.54) is 4.31 Å². The van der Waals surface area contributed by atoms with Crippen molar-refractivity contribution in [2.75, 3.05) is 30.3 Å². The number of hydrogen-bond donors (Lipinski definition) is 1. The number of amides is 2. The first kappa shape index (κ1) is 29.6. The van der Waals surface area contributed by atoms with Crippen LogP contribution in [0.1, 0.15) is 45.6 Å². The molecule has 0 fully saturated rings. The van der Waals surface area contributed by atoms with Crippen molar-refractivity contribution in [3.8, 4) is 5.75 Å². The van der Waals surface area contributed by atoms with E-state index in [0.29, 0.717) is 24.6 Å². The SMILES string of the molecule is CCCNC(=O)[C@H](C)N(Cc1ccc(Br)cc1)C(=O)CCCN(c1ccccc1OCC)S(C)(=O)=O. The van der Waals surface area contributed by atoms with E-state index in [1.54, 1.807) is 36.1 Å². The lowest BCUT2D eigenvalue weighted by molar-refractivity contribution is -0.140. The molecular formula is C26H36BrN3O5S. The quantitative estimate of drug-likeness (QED) is 0.358. The van der Waals surface area contributed by atoms with Crippen LogP contribution in [0.4, 0.5) is 5.69 Å². The molecule has 10 heteroatoms. The first-order chi connectivity index (χ1) is 17.1. The van der Waals surface area contributed by atoms with Crippen LogP contribution in [-0.2, 0) is 26.2 Å². The Balaban J connectivity index is 2.18. The number of sulfonamides is 1. The summed E-state index contributed by atoms with van der Waals surface area (Å²) in [4.78, 5) is 27.5. The van der Waals surface area contributed by atoms with Crippen LogP contribution in [-0.4, -0.2) is 57.1 Å². The summed E-state index contributed by atoms with van der Waals surface area (Å²) in [6, 6.07) is 13.8. The molecular weight excluding hydrogens is 546 g/mol. The molecule has 0 saturated carbocycles. The zero-order chi connectivity index (χ0) is 26.7. The number of nitrogens with zero attached hydrogens (tertiary/aromatic N) is 2. The lowest BCUT2D eigenvalue weighted by atomic mass is 10.1. The Kier molecular flexibility index (Phi) is 11.7. The fourth-order valence-corrected chi connectivity index (χ4v) is 4.92. The van der Waals surface area contributed by atoms with E-state index < -0.39 is 16.1 Å². The van der Waals surface area contributed by atoms with Crippen LogP contribution in [0.15, 0.2) is 53.0 Å². The highest BCUT2D eigenvalue weighted by Crippen LogP contribution is 2.30. The highest BCUT2D eigenvalue weighted by Gasteiger charge is 2.27. The van der Waals surface area contributed by atoms with Crippen LogP contribution in [0.2, 0.25) is 0 Å². The first-order valence-corrected chi connectivity index (χ1v) is 14.7. The maximum absolute atomic E-state index is 13.3. The second-order valence-corrected chi connectivity index (χ2v) is 11.3. The van der Waals surface area contributed by atoms with Gasteiger partial charge in [0.15, 0.2) is 0 Å². The molecule has 198 valence electrons. The van der Waals surface area contributed by atoms with E-state index in [1.807, 2.05) is 38.1 Å². The van der Waals surface area contributed by atoms with Gasteiger partial charge in [-0.3, -0.25) is 13.9 Å². The lowest BCUT2D eigenvalue weighted by Crippen LogP contribution is -2.47. The summed E-state index contributed by atoms with van der Waals surface area (Å²) in [5, 5.41) is 2.85. The molecule has 8 nitrogen and oxygen atoms in total. The summed E-state index contributed by atoms with van der Waals surface area (Å²) in [6.07, 6.45) is 2.30. The molecule has 1 atom stereocenters. The Morgan fingerprint density at radius 2 is 1.75 bits per heavy atom. The molecule has 2 amide bonds. The lowest BCUT2D eigenvalue weighted by Gasteiger charge is -2.29. The molecule has 36 heavy (non-hydrogen) atoms. The third kappa shape index (κ3) is 8.81. The van der Waals surface area contributed by atoms with Crippen LogP contribution < -0.4 is 14.4 Å². The molecule has 0 aliphatic carbocycles. The second-order valence-electron chi connectivity index (χ2n) is 8.45. The molecule has 2 aromatic carbocycles. The van der Waals surface area contributed by atoms with Gasteiger partial charge in [0, 0.05) is 30.5 Å². The van der Waals surface area contributed by atoms with Crippen molar-refractivity contribution in [2.45, 2.75) is 52.6 Å². The number of rotatable bonds is 14. The minimum atomic E-state index is -3.61. The van der Waals surface area contributed by atoms with Crippen molar-refractivity contribution in [1.82, 2.24) is 10.2 Å². The van der Waals surface area contributed by atoms with Gasteiger partial charge in [-0.1, -0.05) is 47.1 Å². The van der Waals surface area contributed by atoms with Gasteiger partial charge < -0.3 is 15.0 Å². The molecule has 2 aromatic rings. The standard InChI is InChI=1S/C26H36BrN3O5S/c1-5-17-28-26(32)20(3)29(19-21-13-15-22(27)16-14-21)25(31)12-9-18-30(36(4,33)34)23-10-7-8-11-24(23)35-6-2/h7-8,10-11,13-16,20H,5-6,9,12,17-19H2,1-4H3,(H,28,32)/t20-/m0/s1. The fourth-order valence-electron chi connectivity index (χ4n) is 3.69. The molecule has 0 bridgehead atoms. The van der Waals surface area contributed by atoms with Gasteiger partial charge in [-0.2, -0.15) is 0 Å². The normalized spacial score (nSPS) is 12.0. The smallest absolute Gasteiger partial charge is 0.242 e. The Morgan fingerprint density at radius 3 is 2.36 bits per heavy atom. The van der Waals surface area contributed by atoms with Crippen LogP contribution in [0, 0.1) is 0 Å². The Bertz CT molecular complexity index is 1110. The third-order valence-electron chi connectivity index (χ3n) is 5.57. The summed E-state index contributed by atoms with van der Waals surface area (Å²) in [7, 11) is -3.61. The zero-order valence-electron chi connectivity index (χ0n) is 21.4. The van der Waals surface area contributed by atoms with Gasteiger partial charge in [0.2, 0.25) is 21.8 Å². The second kappa shape index (κ2) is 14.2. The first-order valence-electron chi connectivity index (χ1n) is 12.1. The number of anilines is 1. The molecule has 0 heterocycles. The number of carbonyl (C=O) groups excluding carboxylic acids is 2. The minimum absolute atomic E-state index is 0.0880. The number of ether oxygens (including phenoxy) is 1. The minimum Gasteiger partial charge on any atom is -0.492 e. The van der Waals surface area contributed by atoms with Crippen LogP contribution in [0.25, 0.3) is 0 Å². The predicted molar refractivity (Wildman–Crippen MR) is 146 cm³/mol. The largest absolute Gasteiger partial charge is 0.492 e. The zero-order valence-corrected chi connectivity index (χ0v) is 23.8. The molecule has 0 aliphatic heterocycles. The predicted octanol–water partition coefficient (Wildman–Crippen LogP) is 4.34. The van der Waals surface area contributed by atoms with Gasteiger partial charge >= 0.3 is 0 Å². The Hall–Kier alpha value is -2.59. The monoisotopic (exact) mass is 581 g/mol. The van der Waals surface area contributed by atoms with Crippen LogP contribution in [0.5, 0.6) is 5.75 Å². The average molecular weight is 583 g/mol. The highest BCUT2D eigenvalue weighted by molar-refractivity contribution is 9.10. The topological polar surface area (TPSA) is 96.0 Å². The van der Waals surface area contributed by atoms with Gasteiger partial charge in [0.05, 0.1) is 18.6 Å². The maximum Gasteiger partial charge on any atom is 0.242 e. The molecule has 0 aromatic heterocycles. The number of nitrogens with one attached hydrogen (secondary N) is 1. The van der Waals surface area contributed by atoms with Crippen molar-refractivity contribution >= 4 is 43.5 Å². The molecule has 0 saturated heterocycles. The number of carbonyl (C=O) groups is 2. The van der Waals surface area contributed by atoms with Gasteiger partial charge in [0.25, 0.3) is 0 Å². The van der Waals surface area contributed by atoms with Crippen molar-refractivity contribution in [3.05, 3.63) is 58.6 Å². The Labute approximate surface area is 223 Å². The van der Waals surface area contributed by atoms with E-state index in [-0.39, 0.29) is 37.7 Å². The summed E-state index contributed by atoms with van der Waals surface area (Å²) in [6.45, 7) is 6.82. The van der Waals surface area contributed by atoms with E-state index in [2.05, 4.69) is 21.2 Å². The van der Waals surface area contributed by atoms with E-state index in [0.717, 1.165) is 22.7 Å². The summed E-state index contributed by atoms with van der Waals surface area (Å²) >= 11 is 3.41. The number of para-hydroxylation sites is 2. The number of benzene rings is 2. The van der Waals surface area contributed by atoms with Gasteiger partial charge in [-0.15, -0.1) is 0 Å². The Morgan fingerprint density at radius 1 is 1.08 bits per heavy atom. The van der Waals surface area contributed by atoms with Gasteiger partial charge in [-0.05, 0) is 56.5 Å². The molecule has 0 spiro atoms. The van der Waals surface area contributed by atoms with Gasteiger partial charge in [0.1, 0.15) is 11.8 Å². The van der Waals surface area contributed by atoms with E-state index >= 15 is 0 Å². The molecule has 0 unspecified atom stereocenters. The van der Waals surface area contributed by atoms with Crippen molar-refractivity contribution < 1.29 is 22.7 Å². The van der Waals surface area contributed by atoms with E-state index in [9.17, 15) is 18.0 Å². The maximum atomic E-state index is 13.3. The molecule has 0 aliphatic rings. The van der Waals surface area contributed by atoms with Gasteiger partial charge in [-0.25, -0.2) is 8.42 Å². The van der Waals surface area contributed by atoms with Crippen molar-refractivity contribution in [3.63, 3.8) is 0 Å². The highest BCUT2D eigenvalue weighted by atomic mass is 79.9. The van der Waals surface area contributed by atoms with Crippen molar-refractivity contribution in [2.24, 2.45) is 0 Å². The molecule has 1 N–H and O–H groups in total. The molecule has 0 radical (unpaired) electrons. The van der Waals surface area contributed by atoms with E-state index in [4.69, 9.17) is 4.74 Å². The third-order valence-corrected chi connectivity index (χ3v) is 7.28. The van der Waals surface area contributed by atoms with Crippen LogP contribution in [0.3, 0.4) is 0 Å². The summed E-state index contributed by atoms with van der Waals surface area (Å²) < 4.78 is 33.0. The summed E-state index contributed by atoms with van der Waals surface area (Å²) in [5.41, 5.74) is 1.33. The number of hydrogen-bond acceptors (Lipinski definition) is 5. The van der Waals surface area contributed by atoms with Crippen molar-refractivity contribution in [1.29, 1.82) is 0 Å². The fraction of sp³-hybridized carbons (Fsp3) is 0.462. The van der Waals surface area contributed by atoms with Crippen LogP contribution >= 0.6 is 15.9 Å². The molecule has 2 rings (SSSR count). The average Bonchev–Trinajstić information content (AvgIpc) is 2.84. The summed E-state index contributed by atoms with van der Waals surface area (Å²) in [5.74, 6) is 0.0316.